The predicted molar refractivity (Wildman–Crippen MR) is 46.7 cm³/mol. The lowest BCUT2D eigenvalue weighted by Gasteiger charge is -2.24. The molecule has 0 aromatic rings. The fourth-order valence-corrected chi connectivity index (χ4v) is 1.94. The zero-order chi connectivity index (χ0) is 9.12. The second-order valence-electron chi connectivity index (χ2n) is 3.10. The summed E-state index contributed by atoms with van der Waals surface area (Å²) in [6.07, 6.45) is 2.07. The van der Waals surface area contributed by atoms with Crippen LogP contribution in [0.25, 0.3) is 0 Å². The lowest BCUT2D eigenvalue weighted by molar-refractivity contribution is 0.489. The molecule has 4 heteroatoms. The van der Waals surface area contributed by atoms with Crippen molar-refractivity contribution in [2.45, 2.75) is 44.8 Å². The highest BCUT2D eigenvalue weighted by molar-refractivity contribution is 7.90. The van der Waals surface area contributed by atoms with Gasteiger partial charge in [-0.1, -0.05) is 20.3 Å². The van der Waals surface area contributed by atoms with Crippen molar-refractivity contribution in [1.29, 1.82) is 0 Å². The molecule has 0 heterocycles. The van der Waals surface area contributed by atoms with Crippen LogP contribution in [0.1, 0.15) is 40.0 Å². The van der Waals surface area contributed by atoms with Crippen LogP contribution in [0.2, 0.25) is 0 Å². The molecule has 0 radical (unpaired) electrons. The Bertz CT molecular complexity index is 210. The molecule has 0 aliphatic heterocycles. The van der Waals surface area contributed by atoms with Gasteiger partial charge in [-0.2, -0.15) is 0 Å². The van der Waals surface area contributed by atoms with Crippen molar-refractivity contribution in [3.63, 3.8) is 0 Å². The van der Waals surface area contributed by atoms with Gasteiger partial charge >= 0.3 is 0 Å². The lowest BCUT2D eigenvalue weighted by atomic mass is 10.0. The van der Waals surface area contributed by atoms with Crippen LogP contribution in [0.4, 0.5) is 0 Å². The highest BCUT2D eigenvalue weighted by Crippen LogP contribution is 2.24. The van der Waals surface area contributed by atoms with Crippen LogP contribution in [0.15, 0.2) is 0 Å². The van der Waals surface area contributed by atoms with Crippen molar-refractivity contribution in [2.75, 3.05) is 0 Å². The second-order valence-corrected chi connectivity index (χ2v) is 5.17. The molecule has 2 N–H and O–H groups in total. The third-order valence-corrected chi connectivity index (χ3v) is 4.08. The summed E-state index contributed by atoms with van der Waals surface area (Å²) in [5.41, 5.74) is 0. The fraction of sp³-hybridized carbons (Fsp3) is 1.00. The molecule has 0 aliphatic rings. The van der Waals surface area contributed by atoms with Gasteiger partial charge in [0.05, 0.1) is 4.75 Å². The number of primary sulfonamides is 1. The molecule has 0 saturated heterocycles. The van der Waals surface area contributed by atoms with Gasteiger partial charge in [0.2, 0.25) is 10.0 Å². The summed E-state index contributed by atoms with van der Waals surface area (Å²) in [6.45, 7) is 5.50. The van der Waals surface area contributed by atoms with E-state index < -0.39 is 14.8 Å². The fourth-order valence-electron chi connectivity index (χ4n) is 1.05. The Morgan fingerprint density at radius 1 is 1.36 bits per heavy atom. The van der Waals surface area contributed by atoms with Crippen LogP contribution in [0.5, 0.6) is 0 Å². The molecule has 0 bridgehead atoms. The van der Waals surface area contributed by atoms with E-state index in [1.807, 2.05) is 13.8 Å². The minimum absolute atomic E-state index is 0.583. The molecule has 11 heavy (non-hydrogen) atoms. The molecule has 0 saturated carbocycles. The molecule has 0 rings (SSSR count). The minimum Gasteiger partial charge on any atom is -0.228 e. The maximum atomic E-state index is 11.1. The number of nitrogens with two attached hydrogens (primary N) is 1. The second kappa shape index (κ2) is 3.54. The predicted octanol–water partition coefficient (Wildman–Crippen LogP) is 1.24. The molecule has 0 fully saturated rings. The van der Waals surface area contributed by atoms with E-state index >= 15 is 0 Å². The van der Waals surface area contributed by atoms with Gasteiger partial charge in [0.15, 0.2) is 0 Å². The summed E-state index contributed by atoms with van der Waals surface area (Å²) in [5, 5.41) is 5.08. The van der Waals surface area contributed by atoms with Crippen molar-refractivity contribution in [2.24, 2.45) is 5.14 Å². The van der Waals surface area contributed by atoms with E-state index in [1.54, 1.807) is 6.92 Å². The van der Waals surface area contributed by atoms with Gasteiger partial charge in [0, 0.05) is 0 Å². The van der Waals surface area contributed by atoms with Gasteiger partial charge in [-0.15, -0.1) is 0 Å². The van der Waals surface area contributed by atoms with Crippen LogP contribution < -0.4 is 5.14 Å². The summed E-state index contributed by atoms with van der Waals surface area (Å²) >= 11 is 0. The van der Waals surface area contributed by atoms with Crippen molar-refractivity contribution in [1.82, 2.24) is 0 Å². The van der Waals surface area contributed by atoms with Crippen molar-refractivity contribution in [3.05, 3.63) is 0 Å². The zero-order valence-electron chi connectivity index (χ0n) is 7.42. The Hall–Kier alpha value is -0.0900. The molecule has 0 spiro atoms. The normalized spacial score (nSPS) is 17.8. The van der Waals surface area contributed by atoms with Gasteiger partial charge in [-0.05, 0) is 19.8 Å². The van der Waals surface area contributed by atoms with Gasteiger partial charge in [0.25, 0.3) is 0 Å². The standard InChI is InChI=1S/C7H17NO2S/c1-4-6-7(3,5-2)11(8,9)10/h4-6H2,1-3H3,(H2,8,9,10). The quantitative estimate of drug-likeness (QED) is 0.706. The first kappa shape index (κ1) is 10.9. The molecule has 0 amide bonds. The van der Waals surface area contributed by atoms with E-state index in [2.05, 4.69) is 0 Å². The number of hydrogen-bond acceptors (Lipinski definition) is 2. The van der Waals surface area contributed by atoms with E-state index in [9.17, 15) is 8.42 Å². The maximum Gasteiger partial charge on any atom is 0.214 e. The molecule has 3 nitrogen and oxygen atoms in total. The van der Waals surface area contributed by atoms with E-state index in [0.717, 1.165) is 6.42 Å². The van der Waals surface area contributed by atoms with Crippen molar-refractivity contribution in [3.8, 4) is 0 Å². The smallest absolute Gasteiger partial charge is 0.214 e. The first-order valence-corrected chi connectivity index (χ1v) is 5.44. The highest BCUT2D eigenvalue weighted by atomic mass is 32.2. The topological polar surface area (TPSA) is 60.2 Å². The Morgan fingerprint density at radius 2 is 1.82 bits per heavy atom. The molecular formula is C7H17NO2S. The summed E-state index contributed by atoms with van der Waals surface area (Å²) in [5.74, 6) is 0. The average molecular weight is 179 g/mol. The maximum absolute atomic E-state index is 11.1. The molecule has 1 atom stereocenters. The Morgan fingerprint density at radius 3 is 1.91 bits per heavy atom. The summed E-state index contributed by atoms with van der Waals surface area (Å²) < 4.78 is 21.4. The molecule has 68 valence electrons. The number of hydrogen-bond donors (Lipinski definition) is 1. The minimum atomic E-state index is -3.38. The van der Waals surface area contributed by atoms with E-state index in [1.165, 1.54) is 0 Å². The molecule has 0 aromatic heterocycles. The SMILES string of the molecule is CCCC(C)(CC)S(N)(=O)=O. The van der Waals surface area contributed by atoms with Gasteiger partial charge in [0.1, 0.15) is 0 Å². The van der Waals surface area contributed by atoms with Gasteiger partial charge in [-0.25, -0.2) is 13.6 Å². The van der Waals surface area contributed by atoms with Crippen LogP contribution in [0, 0.1) is 0 Å². The van der Waals surface area contributed by atoms with Crippen LogP contribution in [-0.4, -0.2) is 13.2 Å². The molecular weight excluding hydrogens is 162 g/mol. The first-order valence-electron chi connectivity index (χ1n) is 3.89. The average Bonchev–Trinajstić information content (AvgIpc) is 1.86. The van der Waals surface area contributed by atoms with E-state index in [-0.39, 0.29) is 0 Å². The van der Waals surface area contributed by atoms with Crippen LogP contribution in [0.3, 0.4) is 0 Å². The Labute approximate surface area is 69.0 Å². The summed E-state index contributed by atoms with van der Waals surface area (Å²) in [4.78, 5) is 0. The lowest BCUT2D eigenvalue weighted by Crippen LogP contribution is -2.39. The van der Waals surface area contributed by atoms with Gasteiger partial charge in [-0.3, -0.25) is 0 Å². The highest BCUT2D eigenvalue weighted by Gasteiger charge is 2.33. The number of rotatable bonds is 4. The van der Waals surface area contributed by atoms with E-state index in [0.29, 0.717) is 12.8 Å². The number of sulfonamides is 1. The monoisotopic (exact) mass is 179 g/mol. The Balaban J connectivity index is 4.61. The summed E-state index contributed by atoms with van der Waals surface area (Å²) in [6, 6.07) is 0. The third kappa shape index (κ3) is 2.45. The molecule has 0 aliphatic carbocycles. The van der Waals surface area contributed by atoms with Crippen molar-refractivity contribution >= 4 is 10.0 Å². The molecule has 1 unspecified atom stereocenters. The van der Waals surface area contributed by atoms with Gasteiger partial charge < -0.3 is 0 Å². The van der Waals surface area contributed by atoms with Crippen LogP contribution in [-0.2, 0) is 10.0 Å². The van der Waals surface area contributed by atoms with E-state index in [4.69, 9.17) is 5.14 Å². The third-order valence-electron chi connectivity index (χ3n) is 2.21. The first-order chi connectivity index (χ1) is 4.87. The largest absolute Gasteiger partial charge is 0.228 e. The zero-order valence-corrected chi connectivity index (χ0v) is 8.24. The van der Waals surface area contributed by atoms with Crippen LogP contribution >= 0.6 is 0 Å². The summed E-state index contributed by atoms with van der Waals surface area (Å²) in [7, 11) is -3.38. The van der Waals surface area contributed by atoms with Crippen molar-refractivity contribution < 1.29 is 8.42 Å². The Kier molecular flexibility index (Phi) is 3.51. The molecule has 0 aromatic carbocycles.